The lowest BCUT2D eigenvalue weighted by Gasteiger charge is -2.08. The molecule has 0 spiro atoms. The van der Waals surface area contributed by atoms with E-state index in [9.17, 15) is 8.42 Å². The Morgan fingerprint density at radius 3 is 1.72 bits per heavy atom. The molecule has 0 unspecified atom stereocenters. The SMILES string of the molecule is CCCCCCCCN(C)C.CCCS(=O)(=O)O. The third-order valence-corrected chi connectivity index (χ3v) is 3.35. The summed E-state index contributed by atoms with van der Waals surface area (Å²) in [5.41, 5.74) is 0. The summed E-state index contributed by atoms with van der Waals surface area (Å²) in [6.45, 7) is 5.21. The second kappa shape index (κ2) is 13.3. The van der Waals surface area contributed by atoms with E-state index in [0.29, 0.717) is 6.42 Å². The number of hydrogen-bond acceptors (Lipinski definition) is 3. The number of nitrogens with zero attached hydrogens (tertiary/aromatic N) is 1. The summed E-state index contributed by atoms with van der Waals surface area (Å²) in [5, 5.41) is 0. The summed E-state index contributed by atoms with van der Waals surface area (Å²) in [7, 11) is 0.616. The van der Waals surface area contributed by atoms with E-state index in [-0.39, 0.29) is 5.75 Å². The Labute approximate surface area is 114 Å². The lowest BCUT2D eigenvalue weighted by atomic mass is 10.1. The molecule has 0 heterocycles. The van der Waals surface area contributed by atoms with Gasteiger partial charge in [-0.3, -0.25) is 4.55 Å². The Balaban J connectivity index is 0. The van der Waals surface area contributed by atoms with Gasteiger partial charge in [-0.2, -0.15) is 8.42 Å². The molecular weight excluding hydrogens is 250 g/mol. The average Bonchev–Trinajstić information content (AvgIpc) is 2.22. The van der Waals surface area contributed by atoms with Crippen LogP contribution in [0.15, 0.2) is 0 Å². The first kappa shape index (κ1) is 20.2. The minimum Gasteiger partial charge on any atom is -0.309 e. The summed E-state index contributed by atoms with van der Waals surface area (Å²) >= 11 is 0. The van der Waals surface area contributed by atoms with Gasteiger partial charge in [0.2, 0.25) is 0 Å². The van der Waals surface area contributed by atoms with Gasteiger partial charge < -0.3 is 4.90 Å². The molecule has 0 aromatic heterocycles. The minimum atomic E-state index is -3.67. The van der Waals surface area contributed by atoms with E-state index >= 15 is 0 Å². The van der Waals surface area contributed by atoms with Crippen molar-refractivity contribution in [1.29, 1.82) is 0 Å². The maximum absolute atomic E-state index is 9.79. The summed E-state index contributed by atoms with van der Waals surface area (Å²) < 4.78 is 27.6. The van der Waals surface area contributed by atoms with Gasteiger partial charge in [-0.1, -0.05) is 46.0 Å². The highest BCUT2D eigenvalue weighted by Crippen LogP contribution is 2.04. The molecule has 0 saturated carbocycles. The maximum atomic E-state index is 9.79. The molecule has 0 atom stereocenters. The quantitative estimate of drug-likeness (QED) is 0.521. The van der Waals surface area contributed by atoms with Gasteiger partial charge in [0, 0.05) is 0 Å². The van der Waals surface area contributed by atoms with Crippen LogP contribution in [0.3, 0.4) is 0 Å². The second-order valence-electron chi connectivity index (χ2n) is 4.86. The first-order chi connectivity index (χ1) is 8.33. The molecule has 0 saturated heterocycles. The van der Waals surface area contributed by atoms with Crippen molar-refractivity contribution in [3.8, 4) is 0 Å². The van der Waals surface area contributed by atoms with Gasteiger partial charge >= 0.3 is 0 Å². The average molecular weight is 281 g/mol. The molecule has 112 valence electrons. The highest BCUT2D eigenvalue weighted by atomic mass is 32.2. The van der Waals surface area contributed by atoms with Crippen LogP contribution in [0.4, 0.5) is 0 Å². The van der Waals surface area contributed by atoms with Gasteiger partial charge in [-0.05, 0) is 33.5 Å². The van der Waals surface area contributed by atoms with Crippen molar-refractivity contribution in [1.82, 2.24) is 4.90 Å². The lowest BCUT2D eigenvalue weighted by Crippen LogP contribution is -2.12. The second-order valence-corrected chi connectivity index (χ2v) is 6.43. The van der Waals surface area contributed by atoms with E-state index in [4.69, 9.17) is 4.55 Å². The van der Waals surface area contributed by atoms with Gasteiger partial charge in [0.25, 0.3) is 10.1 Å². The Hall–Kier alpha value is -0.130. The topological polar surface area (TPSA) is 57.6 Å². The van der Waals surface area contributed by atoms with Crippen LogP contribution >= 0.6 is 0 Å². The maximum Gasteiger partial charge on any atom is 0.264 e. The lowest BCUT2D eigenvalue weighted by molar-refractivity contribution is 0.389. The first-order valence-electron chi connectivity index (χ1n) is 6.93. The Bertz CT molecular complexity index is 251. The van der Waals surface area contributed by atoms with E-state index in [0.717, 1.165) is 0 Å². The molecule has 0 aliphatic rings. The Kier molecular flexibility index (Phi) is 14.9. The van der Waals surface area contributed by atoms with Gasteiger partial charge in [-0.25, -0.2) is 0 Å². The number of hydrogen-bond donors (Lipinski definition) is 1. The van der Waals surface area contributed by atoms with Gasteiger partial charge in [0.05, 0.1) is 5.75 Å². The largest absolute Gasteiger partial charge is 0.309 e. The monoisotopic (exact) mass is 281 g/mol. The molecule has 0 aromatic rings. The van der Waals surface area contributed by atoms with Gasteiger partial charge in [0.15, 0.2) is 0 Å². The molecule has 0 rings (SSSR count). The highest BCUT2D eigenvalue weighted by molar-refractivity contribution is 7.85. The predicted octanol–water partition coefficient (Wildman–Crippen LogP) is 3.19. The molecule has 4 nitrogen and oxygen atoms in total. The van der Waals surface area contributed by atoms with Crippen LogP contribution in [0.1, 0.15) is 58.8 Å². The fraction of sp³-hybridized carbons (Fsp3) is 1.00. The number of unbranched alkanes of at least 4 members (excludes halogenated alkanes) is 5. The van der Waals surface area contributed by atoms with Crippen molar-refractivity contribution in [2.24, 2.45) is 0 Å². The van der Waals surface area contributed by atoms with Gasteiger partial charge in [-0.15, -0.1) is 0 Å². The van der Waals surface area contributed by atoms with Crippen molar-refractivity contribution >= 4 is 10.1 Å². The Morgan fingerprint density at radius 2 is 1.39 bits per heavy atom. The predicted molar refractivity (Wildman–Crippen MR) is 78.6 cm³/mol. The zero-order valence-corrected chi connectivity index (χ0v) is 13.3. The van der Waals surface area contributed by atoms with Crippen LogP contribution in [0.25, 0.3) is 0 Å². The van der Waals surface area contributed by atoms with Crippen LogP contribution in [-0.4, -0.2) is 44.3 Å². The van der Waals surface area contributed by atoms with Crippen molar-refractivity contribution < 1.29 is 13.0 Å². The van der Waals surface area contributed by atoms with Crippen molar-refractivity contribution in [3.05, 3.63) is 0 Å². The first-order valence-corrected chi connectivity index (χ1v) is 8.54. The fourth-order valence-electron chi connectivity index (χ4n) is 1.47. The Morgan fingerprint density at radius 1 is 0.889 bits per heavy atom. The molecule has 0 amide bonds. The smallest absolute Gasteiger partial charge is 0.264 e. The van der Waals surface area contributed by atoms with E-state index in [2.05, 4.69) is 25.9 Å². The molecule has 0 bridgehead atoms. The normalized spacial score (nSPS) is 11.2. The summed E-state index contributed by atoms with van der Waals surface area (Å²) in [5.74, 6) is -0.132. The summed E-state index contributed by atoms with van der Waals surface area (Å²) in [6.07, 6.45) is 8.90. The molecule has 0 aliphatic heterocycles. The summed E-state index contributed by atoms with van der Waals surface area (Å²) in [4.78, 5) is 2.26. The summed E-state index contributed by atoms with van der Waals surface area (Å²) in [6, 6.07) is 0. The number of rotatable bonds is 9. The van der Waals surface area contributed by atoms with Crippen molar-refractivity contribution in [2.75, 3.05) is 26.4 Å². The van der Waals surface area contributed by atoms with E-state index in [1.807, 2.05) is 0 Å². The van der Waals surface area contributed by atoms with E-state index in [1.54, 1.807) is 6.92 Å². The zero-order chi connectivity index (χ0) is 14.4. The van der Waals surface area contributed by atoms with E-state index < -0.39 is 10.1 Å². The zero-order valence-electron chi connectivity index (χ0n) is 12.5. The van der Waals surface area contributed by atoms with Crippen molar-refractivity contribution in [2.45, 2.75) is 58.8 Å². The highest BCUT2D eigenvalue weighted by Gasteiger charge is 1.98. The van der Waals surface area contributed by atoms with Crippen molar-refractivity contribution in [3.63, 3.8) is 0 Å². The van der Waals surface area contributed by atoms with Crippen LogP contribution in [0, 0.1) is 0 Å². The van der Waals surface area contributed by atoms with Crippen LogP contribution in [0.5, 0.6) is 0 Å². The van der Waals surface area contributed by atoms with Gasteiger partial charge in [0.1, 0.15) is 0 Å². The standard InChI is InChI=1S/C10H23N.C3H8O3S/c1-4-5-6-7-8-9-10-11(2)3;1-2-3-7(4,5)6/h4-10H2,1-3H3;2-3H2,1H3,(H,4,5,6). The molecule has 0 aromatic carbocycles. The fourth-order valence-corrected chi connectivity index (χ4v) is 1.98. The molecular formula is C13H31NO3S. The van der Waals surface area contributed by atoms with Crippen LogP contribution < -0.4 is 0 Å². The van der Waals surface area contributed by atoms with E-state index in [1.165, 1.54) is 45.1 Å². The molecule has 1 N–H and O–H groups in total. The third-order valence-electron chi connectivity index (χ3n) is 2.42. The van der Waals surface area contributed by atoms with Crippen LogP contribution in [-0.2, 0) is 10.1 Å². The van der Waals surface area contributed by atoms with Crippen LogP contribution in [0.2, 0.25) is 0 Å². The minimum absolute atomic E-state index is 0.132. The molecule has 18 heavy (non-hydrogen) atoms. The molecule has 0 radical (unpaired) electrons. The molecule has 0 aliphatic carbocycles. The third kappa shape index (κ3) is 24.9. The molecule has 5 heteroatoms. The molecule has 0 fully saturated rings.